The standard InChI is InChI=1S/C13H15FN2O3S2/c1-8(2)19-12-5-4-10(14)6-13(12)21(17,18)16-11-7-20-15-9(11)3/h4-8,16H,1-3H3. The van der Waals surface area contributed by atoms with Crippen molar-refractivity contribution < 1.29 is 17.5 Å². The minimum absolute atomic E-state index is 0.111. The van der Waals surface area contributed by atoms with Crippen LogP contribution in [0.25, 0.3) is 0 Å². The Morgan fingerprint density at radius 2 is 2.10 bits per heavy atom. The molecule has 0 unspecified atom stereocenters. The van der Waals surface area contributed by atoms with Gasteiger partial charge in [-0.05, 0) is 50.5 Å². The summed E-state index contributed by atoms with van der Waals surface area (Å²) in [6.45, 7) is 5.21. The fourth-order valence-corrected chi connectivity index (χ4v) is 3.61. The van der Waals surface area contributed by atoms with Gasteiger partial charge in [0, 0.05) is 5.38 Å². The molecule has 0 amide bonds. The molecule has 1 aromatic carbocycles. The number of aryl methyl sites for hydroxylation is 1. The van der Waals surface area contributed by atoms with E-state index in [1.165, 1.54) is 6.07 Å². The van der Waals surface area contributed by atoms with Gasteiger partial charge in [-0.2, -0.15) is 4.37 Å². The van der Waals surface area contributed by atoms with Crippen molar-refractivity contribution in [2.75, 3.05) is 4.72 Å². The molecule has 0 aliphatic heterocycles. The fraction of sp³-hybridized carbons (Fsp3) is 0.308. The average Bonchev–Trinajstić information content (AvgIpc) is 2.76. The lowest BCUT2D eigenvalue weighted by molar-refractivity contribution is 0.235. The third-order valence-corrected chi connectivity index (χ3v) is 4.66. The van der Waals surface area contributed by atoms with Gasteiger partial charge in [0.15, 0.2) is 0 Å². The molecular weight excluding hydrogens is 315 g/mol. The van der Waals surface area contributed by atoms with E-state index in [1.807, 2.05) is 0 Å². The SMILES string of the molecule is Cc1nscc1NS(=O)(=O)c1cc(F)ccc1OC(C)C. The van der Waals surface area contributed by atoms with Gasteiger partial charge < -0.3 is 4.74 Å². The predicted octanol–water partition coefficient (Wildman–Crippen LogP) is 3.18. The summed E-state index contributed by atoms with van der Waals surface area (Å²) < 4.78 is 50.1. The van der Waals surface area contributed by atoms with E-state index in [4.69, 9.17) is 4.74 Å². The van der Waals surface area contributed by atoms with E-state index in [-0.39, 0.29) is 16.7 Å². The number of nitrogens with zero attached hydrogens (tertiary/aromatic N) is 1. The van der Waals surface area contributed by atoms with Crippen LogP contribution in [0.1, 0.15) is 19.5 Å². The highest BCUT2D eigenvalue weighted by Crippen LogP contribution is 2.28. The molecule has 0 bridgehead atoms. The molecular formula is C13H15FN2O3S2. The predicted molar refractivity (Wildman–Crippen MR) is 79.8 cm³/mol. The Labute approximate surface area is 127 Å². The van der Waals surface area contributed by atoms with Gasteiger partial charge in [0.25, 0.3) is 10.0 Å². The van der Waals surface area contributed by atoms with Gasteiger partial charge in [-0.25, -0.2) is 12.8 Å². The van der Waals surface area contributed by atoms with Gasteiger partial charge in [-0.3, -0.25) is 4.72 Å². The Morgan fingerprint density at radius 1 is 1.38 bits per heavy atom. The minimum Gasteiger partial charge on any atom is -0.490 e. The molecule has 2 aromatic rings. The second-order valence-corrected chi connectivity index (χ2v) is 6.96. The van der Waals surface area contributed by atoms with Crippen LogP contribution < -0.4 is 9.46 Å². The maximum absolute atomic E-state index is 13.4. The molecule has 1 aromatic heterocycles. The molecule has 5 nitrogen and oxygen atoms in total. The maximum Gasteiger partial charge on any atom is 0.265 e. The maximum atomic E-state index is 13.4. The van der Waals surface area contributed by atoms with E-state index in [1.54, 1.807) is 26.2 Å². The molecule has 0 spiro atoms. The number of halogens is 1. The summed E-state index contributed by atoms with van der Waals surface area (Å²) in [6, 6.07) is 3.41. The Bertz CT molecular complexity index is 742. The Hall–Kier alpha value is -1.67. The number of sulfonamides is 1. The van der Waals surface area contributed by atoms with Crippen LogP contribution in [0.3, 0.4) is 0 Å². The molecule has 0 saturated heterocycles. The second-order valence-electron chi connectivity index (χ2n) is 4.68. The third-order valence-electron chi connectivity index (χ3n) is 2.55. The highest BCUT2D eigenvalue weighted by Gasteiger charge is 2.22. The highest BCUT2D eigenvalue weighted by atomic mass is 32.2. The summed E-state index contributed by atoms with van der Waals surface area (Å²) in [6.07, 6.45) is -0.228. The lowest BCUT2D eigenvalue weighted by Gasteiger charge is -2.15. The van der Waals surface area contributed by atoms with Crippen molar-refractivity contribution in [1.82, 2.24) is 4.37 Å². The van der Waals surface area contributed by atoms with Crippen LogP contribution in [0.4, 0.5) is 10.1 Å². The molecule has 8 heteroatoms. The summed E-state index contributed by atoms with van der Waals surface area (Å²) in [4.78, 5) is -0.234. The Balaban J connectivity index is 2.43. The van der Waals surface area contributed by atoms with Gasteiger partial charge >= 0.3 is 0 Å². The number of hydrogen-bond acceptors (Lipinski definition) is 5. The molecule has 0 atom stereocenters. The van der Waals surface area contributed by atoms with Crippen molar-refractivity contribution in [3.8, 4) is 5.75 Å². The number of hydrogen-bond donors (Lipinski definition) is 1. The van der Waals surface area contributed by atoms with Gasteiger partial charge in [0.2, 0.25) is 0 Å². The van der Waals surface area contributed by atoms with Crippen molar-refractivity contribution in [2.24, 2.45) is 0 Å². The van der Waals surface area contributed by atoms with Crippen molar-refractivity contribution in [2.45, 2.75) is 31.8 Å². The summed E-state index contributed by atoms with van der Waals surface area (Å²) in [5.74, 6) is -0.536. The van der Waals surface area contributed by atoms with Crippen LogP contribution in [0.2, 0.25) is 0 Å². The second kappa shape index (κ2) is 5.98. The molecule has 0 aliphatic rings. The first-order valence-electron chi connectivity index (χ1n) is 6.19. The first kappa shape index (κ1) is 15.7. The van der Waals surface area contributed by atoms with Crippen molar-refractivity contribution in [1.29, 1.82) is 0 Å². The van der Waals surface area contributed by atoms with Crippen LogP contribution in [0.15, 0.2) is 28.5 Å². The van der Waals surface area contributed by atoms with E-state index in [9.17, 15) is 12.8 Å². The summed E-state index contributed by atoms with van der Waals surface area (Å²) in [5.41, 5.74) is 0.936. The van der Waals surface area contributed by atoms with Crippen molar-refractivity contribution in [3.63, 3.8) is 0 Å². The van der Waals surface area contributed by atoms with Gasteiger partial charge in [0.1, 0.15) is 16.5 Å². The third kappa shape index (κ3) is 3.70. The molecule has 1 heterocycles. The lowest BCUT2D eigenvalue weighted by Crippen LogP contribution is -2.16. The van der Waals surface area contributed by atoms with Gasteiger partial charge in [0.05, 0.1) is 17.5 Å². The van der Waals surface area contributed by atoms with E-state index >= 15 is 0 Å². The molecule has 0 aliphatic carbocycles. The molecule has 0 saturated carbocycles. The summed E-state index contributed by atoms with van der Waals surface area (Å²) in [7, 11) is -3.95. The molecule has 114 valence electrons. The zero-order valence-electron chi connectivity index (χ0n) is 11.8. The largest absolute Gasteiger partial charge is 0.490 e. The minimum atomic E-state index is -3.95. The van der Waals surface area contributed by atoms with Crippen LogP contribution >= 0.6 is 11.5 Å². The number of aromatic nitrogens is 1. The topological polar surface area (TPSA) is 68.3 Å². The summed E-state index contributed by atoms with van der Waals surface area (Å²) >= 11 is 1.14. The van der Waals surface area contributed by atoms with Crippen molar-refractivity contribution in [3.05, 3.63) is 35.1 Å². The first-order valence-corrected chi connectivity index (χ1v) is 8.51. The highest BCUT2D eigenvalue weighted by molar-refractivity contribution is 7.92. The van der Waals surface area contributed by atoms with Gasteiger partial charge in [-0.15, -0.1) is 0 Å². The number of anilines is 1. The number of benzene rings is 1. The van der Waals surface area contributed by atoms with E-state index in [2.05, 4.69) is 9.10 Å². The quantitative estimate of drug-likeness (QED) is 0.914. The molecule has 21 heavy (non-hydrogen) atoms. The summed E-state index contributed by atoms with van der Waals surface area (Å²) in [5, 5.41) is 1.58. The average molecular weight is 330 g/mol. The zero-order valence-corrected chi connectivity index (χ0v) is 13.4. The van der Waals surface area contributed by atoms with Crippen LogP contribution in [-0.2, 0) is 10.0 Å². The number of ether oxygens (including phenoxy) is 1. The normalized spacial score (nSPS) is 11.7. The molecule has 1 N–H and O–H groups in total. The van der Waals surface area contributed by atoms with E-state index < -0.39 is 15.8 Å². The smallest absolute Gasteiger partial charge is 0.265 e. The van der Waals surface area contributed by atoms with Crippen molar-refractivity contribution >= 4 is 27.2 Å². The number of nitrogens with one attached hydrogen (secondary N) is 1. The van der Waals surface area contributed by atoms with Crippen LogP contribution in [0, 0.1) is 12.7 Å². The van der Waals surface area contributed by atoms with E-state index in [0.29, 0.717) is 11.4 Å². The Morgan fingerprint density at radius 3 is 2.67 bits per heavy atom. The van der Waals surface area contributed by atoms with Gasteiger partial charge in [-0.1, -0.05) is 0 Å². The van der Waals surface area contributed by atoms with Crippen LogP contribution in [-0.4, -0.2) is 18.9 Å². The molecule has 0 fully saturated rings. The lowest BCUT2D eigenvalue weighted by atomic mass is 10.3. The molecule has 2 rings (SSSR count). The number of rotatable bonds is 5. The zero-order chi connectivity index (χ0) is 15.6. The van der Waals surface area contributed by atoms with E-state index in [0.717, 1.165) is 23.7 Å². The van der Waals surface area contributed by atoms with Crippen LogP contribution in [0.5, 0.6) is 5.75 Å². The monoisotopic (exact) mass is 330 g/mol. The first-order chi connectivity index (χ1) is 9.79. The molecule has 0 radical (unpaired) electrons. The Kier molecular flexibility index (Phi) is 4.48. The fourth-order valence-electron chi connectivity index (χ4n) is 1.63.